The lowest BCUT2D eigenvalue weighted by Gasteiger charge is -2.34. The van der Waals surface area contributed by atoms with Crippen LogP contribution in [0.3, 0.4) is 0 Å². The van der Waals surface area contributed by atoms with Crippen molar-refractivity contribution in [3.8, 4) is 0 Å². The van der Waals surface area contributed by atoms with E-state index in [1.165, 1.54) is 4.90 Å². The first-order valence-electron chi connectivity index (χ1n) is 15.0. The third-order valence-corrected chi connectivity index (χ3v) is 10.5. The van der Waals surface area contributed by atoms with E-state index in [0.29, 0.717) is 22.7 Å². The van der Waals surface area contributed by atoms with Gasteiger partial charge in [0.25, 0.3) is 10.0 Å². The van der Waals surface area contributed by atoms with E-state index in [0.717, 1.165) is 53.1 Å². The van der Waals surface area contributed by atoms with Crippen LogP contribution in [0.4, 0.5) is 5.69 Å². The first kappa shape index (κ1) is 32.6. The van der Waals surface area contributed by atoms with Gasteiger partial charge in [-0.25, -0.2) is 8.42 Å². The van der Waals surface area contributed by atoms with Crippen LogP contribution in [0.1, 0.15) is 67.7 Å². The van der Waals surface area contributed by atoms with Crippen LogP contribution in [0.2, 0.25) is 5.02 Å². The molecule has 230 valence electrons. The molecule has 0 bridgehead atoms. The zero-order chi connectivity index (χ0) is 31.1. The van der Waals surface area contributed by atoms with Crippen LogP contribution < -0.4 is 9.62 Å². The molecule has 43 heavy (non-hydrogen) atoms. The van der Waals surface area contributed by atoms with E-state index >= 15 is 0 Å². The molecule has 0 aromatic heterocycles. The molecule has 1 fully saturated rings. The second-order valence-electron chi connectivity index (χ2n) is 11.5. The molecular formula is C34H42ClN3O4S. The monoisotopic (exact) mass is 623 g/mol. The first-order valence-corrected chi connectivity index (χ1v) is 16.8. The van der Waals surface area contributed by atoms with Crippen LogP contribution in [0.25, 0.3) is 0 Å². The number of carbonyl (C=O) groups is 2. The number of anilines is 1. The van der Waals surface area contributed by atoms with Crippen LogP contribution in [0.15, 0.2) is 71.6 Å². The lowest BCUT2D eigenvalue weighted by atomic mass is 9.95. The van der Waals surface area contributed by atoms with Gasteiger partial charge in [0.2, 0.25) is 11.8 Å². The number of halogens is 1. The maximum absolute atomic E-state index is 14.3. The molecule has 0 aliphatic heterocycles. The summed E-state index contributed by atoms with van der Waals surface area (Å²) >= 11 is 6.51. The molecule has 1 aliphatic rings. The normalized spacial score (nSPS) is 14.6. The predicted octanol–water partition coefficient (Wildman–Crippen LogP) is 6.72. The van der Waals surface area contributed by atoms with Crippen molar-refractivity contribution in [1.82, 2.24) is 10.2 Å². The Kier molecular flexibility index (Phi) is 10.9. The summed E-state index contributed by atoms with van der Waals surface area (Å²) in [5.74, 6) is -0.714. The number of rotatable bonds is 11. The molecular weight excluding hydrogens is 582 g/mol. The van der Waals surface area contributed by atoms with Crippen LogP contribution in [-0.2, 0) is 26.2 Å². The molecule has 1 N–H and O–H groups in total. The smallest absolute Gasteiger partial charge is 0.264 e. The standard InChI is InChI=1S/C34H42ClN3O4S/c1-5-32(34(40)36-28-12-7-6-8-13-28)37(22-27-11-9-10-14-31(27)35)33(39)23-38(29-18-17-25(3)26(4)21-29)43(41,42)30-19-15-24(2)16-20-30/h9-11,14-21,28,32H,5-8,12-13,22-23H2,1-4H3,(H,36,40)/t32-/m0/s1. The molecule has 2 amide bonds. The summed E-state index contributed by atoms with van der Waals surface area (Å²) in [5.41, 5.74) is 3.90. The molecule has 3 aromatic rings. The van der Waals surface area contributed by atoms with Gasteiger partial charge < -0.3 is 10.2 Å². The Labute approximate surface area is 261 Å². The maximum atomic E-state index is 14.3. The highest BCUT2D eigenvalue weighted by Crippen LogP contribution is 2.28. The zero-order valence-corrected chi connectivity index (χ0v) is 27.0. The van der Waals surface area contributed by atoms with E-state index in [9.17, 15) is 18.0 Å². The van der Waals surface area contributed by atoms with Crippen molar-refractivity contribution in [2.24, 2.45) is 0 Å². The van der Waals surface area contributed by atoms with Crippen molar-refractivity contribution in [2.45, 2.75) is 89.7 Å². The Morgan fingerprint density at radius 2 is 1.60 bits per heavy atom. The van der Waals surface area contributed by atoms with Gasteiger partial charge >= 0.3 is 0 Å². The van der Waals surface area contributed by atoms with Gasteiger partial charge in [0.1, 0.15) is 12.6 Å². The minimum Gasteiger partial charge on any atom is -0.352 e. The predicted molar refractivity (Wildman–Crippen MR) is 173 cm³/mol. The summed E-state index contributed by atoms with van der Waals surface area (Å²) in [4.78, 5) is 29.6. The largest absolute Gasteiger partial charge is 0.352 e. The summed E-state index contributed by atoms with van der Waals surface area (Å²) in [6, 6.07) is 18.4. The van der Waals surface area contributed by atoms with Crippen molar-refractivity contribution in [2.75, 3.05) is 10.8 Å². The fourth-order valence-corrected chi connectivity index (χ4v) is 7.12. The lowest BCUT2D eigenvalue weighted by molar-refractivity contribution is -0.140. The van der Waals surface area contributed by atoms with E-state index in [1.54, 1.807) is 48.5 Å². The average molecular weight is 624 g/mol. The number of benzene rings is 3. The first-order chi connectivity index (χ1) is 20.5. The van der Waals surface area contributed by atoms with Gasteiger partial charge in [0, 0.05) is 17.6 Å². The minimum atomic E-state index is -4.13. The lowest BCUT2D eigenvalue weighted by Crippen LogP contribution is -2.54. The summed E-state index contributed by atoms with van der Waals surface area (Å²) in [7, 11) is -4.13. The van der Waals surface area contributed by atoms with E-state index in [-0.39, 0.29) is 23.4 Å². The van der Waals surface area contributed by atoms with Crippen LogP contribution >= 0.6 is 11.6 Å². The molecule has 0 saturated heterocycles. The Balaban J connectivity index is 1.73. The molecule has 0 radical (unpaired) electrons. The van der Waals surface area contributed by atoms with Crippen LogP contribution in [0, 0.1) is 20.8 Å². The van der Waals surface area contributed by atoms with Gasteiger partial charge in [0.15, 0.2) is 0 Å². The molecule has 0 unspecified atom stereocenters. The maximum Gasteiger partial charge on any atom is 0.264 e. The molecule has 9 heteroatoms. The highest BCUT2D eigenvalue weighted by molar-refractivity contribution is 7.92. The van der Waals surface area contributed by atoms with Crippen molar-refractivity contribution >= 4 is 39.1 Å². The molecule has 1 saturated carbocycles. The van der Waals surface area contributed by atoms with Gasteiger partial charge in [-0.3, -0.25) is 13.9 Å². The number of aryl methyl sites for hydroxylation is 3. The van der Waals surface area contributed by atoms with Crippen molar-refractivity contribution in [3.05, 3.63) is 94.0 Å². The molecule has 7 nitrogen and oxygen atoms in total. The fraction of sp³-hybridized carbons (Fsp3) is 0.412. The number of amides is 2. The molecule has 1 atom stereocenters. The third kappa shape index (κ3) is 7.98. The van der Waals surface area contributed by atoms with Crippen molar-refractivity contribution in [3.63, 3.8) is 0 Å². The van der Waals surface area contributed by atoms with Gasteiger partial charge in [-0.2, -0.15) is 0 Å². The van der Waals surface area contributed by atoms with Gasteiger partial charge in [-0.05, 0) is 87.1 Å². The number of nitrogens with one attached hydrogen (secondary N) is 1. The van der Waals surface area contributed by atoms with Crippen LogP contribution in [-0.4, -0.2) is 43.8 Å². The Morgan fingerprint density at radius 1 is 0.930 bits per heavy atom. The molecule has 0 spiro atoms. The molecule has 3 aromatic carbocycles. The number of nitrogens with zero attached hydrogens (tertiary/aromatic N) is 2. The SMILES string of the molecule is CC[C@@H](C(=O)NC1CCCCC1)N(Cc1ccccc1Cl)C(=O)CN(c1ccc(C)c(C)c1)S(=O)(=O)c1ccc(C)cc1. The number of sulfonamides is 1. The Hall–Kier alpha value is -3.36. The minimum absolute atomic E-state index is 0.0699. The summed E-state index contributed by atoms with van der Waals surface area (Å²) in [5, 5.41) is 3.64. The Morgan fingerprint density at radius 3 is 2.23 bits per heavy atom. The number of hydrogen-bond donors (Lipinski definition) is 1. The van der Waals surface area contributed by atoms with Gasteiger partial charge in [0.05, 0.1) is 10.6 Å². The molecule has 0 heterocycles. The van der Waals surface area contributed by atoms with E-state index in [1.807, 2.05) is 45.9 Å². The Bertz CT molecular complexity index is 1540. The third-order valence-electron chi connectivity index (χ3n) is 8.30. The molecule has 4 rings (SSSR count). The van der Waals surface area contributed by atoms with Gasteiger partial charge in [-0.1, -0.05) is 79.7 Å². The quantitative estimate of drug-likeness (QED) is 0.257. The summed E-state index contributed by atoms with van der Waals surface area (Å²) < 4.78 is 29.4. The van der Waals surface area contributed by atoms with E-state index in [4.69, 9.17) is 11.6 Å². The topological polar surface area (TPSA) is 86.8 Å². The fourth-order valence-electron chi connectivity index (χ4n) is 5.52. The van der Waals surface area contributed by atoms with Gasteiger partial charge in [-0.15, -0.1) is 0 Å². The zero-order valence-electron chi connectivity index (χ0n) is 25.5. The number of carbonyl (C=O) groups excluding carboxylic acids is 2. The highest BCUT2D eigenvalue weighted by atomic mass is 35.5. The molecule has 1 aliphatic carbocycles. The van der Waals surface area contributed by atoms with Crippen molar-refractivity contribution in [1.29, 1.82) is 0 Å². The average Bonchev–Trinajstić information content (AvgIpc) is 2.98. The van der Waals surface area contributed by atoms with E-state index < -0.39 is 28.5 Å². The summed E-state index contributed by atoms with van der Waals surface area (Å²) in [6.07, 6.45) is 5.47. The van der Waals surface area contributed by atoms with Crippen LogP contribution in [0.5, 0.6) is 0 Å². The highest BCUT2D eigenvalue weighted by Gasteiger charge is 2.34. The summed E-state index contributed by atoms with van der Waals surface area (Å²) in [6.45, 7) is 7.20. The van der Waals surface area contributed by atoms with Crippen molar-refractivity contribution < 1.29 is 18.0 Å². The van der Waals surface area contributed by atoms with E-state index in [2.05, 4.69) is 5.32 Å². The second-order valence-corrected chi connectivity index (χ2v) is 13.7. The second kappa shape index (κ2) is 14.4. The number of hydrogen-bond acceptors (Lipinski definition) is 4.